The van der Waals surface area contributed by atoms with E-state index in [0.717, 1.165) is 18.2 Å². The molecule has 0 saturated heterocycles. The number of hydrogen-bond acceptors (Lipinski definition) is 6. The molecule has 0 unspecified atom stereocenters. The molecule has 0 saturated carbocycles. The summed E-state index contributed by atoms with van der Waals surface area (Å²) in [7, 11) is 0. The lowest BCUT2D eigenvalue weighted by atomic mass is 10.1. The lowest BCUT2D eigenvalue weighted by Crippen LogP contribution is -2.19. The number of aromatic carboxylic acids is 1. The standard InChI is InChI=1S/C13H5F3N4O3/c14-13(15,16)23-10-3-1-2-8(12(21)22)11(10)20-9(6-19)7(4-17)5-18/h1-3,20H,(H,21,22). The van der Waals surface area contributed by atoms with Gasteiger partial charge in [0.05, 0.1) is 11.3 Å². The van der Waals surface area contributed by atoms with Crippen molar-refractivity contribution in [1.29, 1.82) is 15.8 Å². The third kappa shape index (κ3) is 4.38. The highest BCUT2D eigenvalue weighted by Gasteiger charge is 2.33. The molecule has 0 amide bonds. The van der Waals surface area contributed by atoms with Crippen LogP contribution in [-0.4, -0.2) is 17.4 Å². The summed E-state index contributed by atoms with van der Waals surface area (Å²) in [4.78, 5) is 11.1. The molecule has 116 valence electrons. The smallest absolute Gasteiger partial charge is 0.478 e. The van der Waals surface area contributed by atoms with Gasteiger partial charge in [0, 0.05) is 0 Å². The van der Waals surface area contributed by atoms with Crippen LogP contribution in [0.4, 0.5) is 18.9 Å². The molecular formula is C13H5F3N4O3. The van der Waals surface area contributed by atoms with Crippen molar-refractivity contribution in [3.8, 4) is 24.0 Å². The fourth-order valence-corrected chi connectivity index (χ4v) is 1.46. The Kier molecular flexibility index (Phi) is 5.15. The zero-order chi connectivity index (χ0) is 17.6. The molecule has 0 aliphatic heterocycles. The van der Waals surface area contributed by atoms with E-state index in [1.165, 1.54) is 18.2 Å². The van der Waals surface area contributed by atoms with Crippen molar-refractivity contribution >= 4 is 11.7 Å². The number of allylic oxidation sites excluding steroid dienone is 2. The van der Waals surface area contributed by atoms with Crippen molar-refractivity contribution in [2.45, 2.75) is 6.36 Å². The van der Waals surface area contributed by atoms with Crippen LogP contribution in [0.5, 0.6) is 5.75 Å². The molecule has 2 N–H and O–H groups in total. The van der Waals surface area contributed by atoms with E-state index in [9.17, 15) is 18.0 Å². The first-order valence-corrected chi connectivity index (χ1v) is 5.57. The van der Waals surface area contributed by atoms with Gasteiger partial charge in [-0.15, -0.1) is 13.2 Å². The molecule has 0 aliphatic rings. The maximum Gasteiger partial charge on any atom is 0.573 e. The Morgan fingerprint density at radius 2 is 1.78 bits per heavy atom. The van der Waals surface area contributed by atoms with E-state index in [0.29, 0.717) is 0 Å². The number of carboxylic acids is 1. The summed E-state index contributed by atoms with van der Waals surface area (Å²) in [5.74, 6) is -2.53. The Balaban J connectivity index is 3.53. The Morgan fingerprint density at radius 3 is 2.22 bits per heavy atom. The molecule has 0 atom stereocenters. The number of nitrogens with one attached hydrogen (secondary N) is 1. The van der Waals surface area contributed by atoms with E-state index >= 15 is 0 Å². The minimum absolute atomic E-state index is 0.644. The molecule has 0 radical (unpaired) electrons. The largest absolute Gasteiger partial charge is 0.573 e. The van der Waals surface area contributed by atoms with Gasteiger partial charge >= 0.3 is 12.3 Å². The number of nitriles is 3. The van der Waals surface area contributed by atoms with Crippen LogP contribution in [-0.2, 0) is 0 Å². The number of halogens is 3. The van der Waals surface area contributed by atoms with Gasteiger partial charge in [0.2, 0.25) is 0 Å². The van der Waals surface area contributed by atoms with E-state index in [1.807, 2.05) is 5.32 Å². The molecular weight excluding hydrogens is 317 g/mol. The summed E-state index contributed by atoms with van der Waals surface area (Å²) in [6.07, 6.45) is -5.11. The third-order valence-corrected chi connectivity index (χ3v) is 2.32. The second-order valence-electron chi connectivity index (χ2n) is 3.74. The molecule has 10 heteroatoms. The van der Waals surface area contributed by atoms with Gasteiger partial charge in [-0.1, -0.05) is 6.07 Å². The van der Waals surface area contributed by atoms with Gasteiger partial charge in [-0.05, 0) is 12.1 Å². The molecule has 1 rings (SSSR count). The predicted octanol–water partition coefficient (Wildman–Crippen LogP) is 2.52. The highest BCUT2D eigenvalue weighted by atomic mass is 19.4. The number of carbonyl (C=O) groups is 1. The van der Waals surface area contributed by atoms with Gasteiger partial charge < -0.3 is 15.2 Å². The van der Waals surface area contributed by atoms with E-state index in [2.05, 4.69) is 4.74 Å². The maximum atomic E-state index is 12.4. The van der Waals surface area contributed by atoms with Gasteiger partial charge in [-0.3, -0.25) is 0 Å². The Labute approximate surface area is 127 Å². The van der Waals surface area contributed by atoms with E-state index in [4.69, 9.17) is 20.9 Å². The summed E-state index contributed by atoms with van der Waals surface area (Å²) in [5, 5.41) is 37.3. The van der Waals surface area contributed by atoms with Gasteiger partial charge in [0.15, 0.2) is 11.3 Å². The number of hydrogen-bond donors (Lipinski definition) is 2. The summed E-state index contributed by atoms with van der Waals surface area (Å²) < 4.78 is 40.8. The highest BCUT2D eigenvalue weighted by molar-refractivity contribution is 5.96. The first kappa shape index (κ1) is 17.3. The molecule has 0 bridgehead atoms. The fraction of sp³-hybridized carbons (Fsp3) is 0.0769. The van der Waals surface area contributed by atoms with E-state index < -0.39 is 40.6 Å². The van der Waals surface area contributed by atoms with Crippen LogP contribution < -0.4 is 10.1 Å². The van der Waals surface area contributed by atoms with Crippen molar-refractivity contribution in [1.82, 2.24) is 0 Å². The molecule has 0 heterocycles. The Morgan fingerprint density at radius 1 is 1.17 bits per heavy atom. The average Bonchev–Trinajstić information content (AvgIpc) is 2.46. The molecule has 7 nitrogen and oxygen atoms in total. The Hall–Kier alpha value is -3.71. The number of rotatable bonds is 4. The number of para-hydroxylation sites is 1. The third-order valence-electron chi connectivity index (χ3n) is 2.32. The average molecular weight is 322 g/mol. The van der Waals surface area contributed by atoms with E-state index in [1.54, 1.807) is 0 Å². The molecule has 0 aromatic heterocycles. The number of benzene rings is 1. The molecule has 23 heavy (non-hydrogen) atoms. The van der Waals surface area contributed by atoms with Crippen molar-refractivity contribution in [3.05, 3.63) is 35.0 Å². The normalized spacial score (nSPS) is 9.74. The minimum atomic E-state index is -5.11. The summed E-state index contributed by atoms with van der Waals surface area (Å²) in [5.41, 5.74) is -2.80. The van der Waals surface area contributed by atoms with Crippen LogP contribution in [0, 0.1) is 34.0 Å². The topological polar surface area (TPSA) is 130 Å². The second kappa shape index (κ2) is 6.83. The number of carboxylic acid groups (broad SMARTS) is 1. The minimum Gasteiger partial charge on any atom is -0.478 e. The number of nitrogens with zero attached hydrogens (tertiary/aromatic N) is 3. The van der Waals surface area contributed by atoms with E-state index in [-0.39, 0.29) is 0 Å². The van der Waals surface area contributed by atoms with Crippen LogP contribution in [0.2, 0.25) is 0 Å². The zero-order valence-corrected chi connectivity index (χ0v) is 11.0. The van der Waals surface area contributed by atoms with Crippen LogP contribution in [0.25, 0.3) is 0 Å². The maximum absolute atomic E-state index is 12.4. The van der Waals surface area contributed by atoms with Gasteiger partial charge in [-0.25, -0.2) is 4.79 Å². The quantitative estimate of drug-likeness (QED) is 0.814. The number of alkyl halides is 3. The summed E-state index contributed by atoms with van der Waals surface area (Å²) in [6, 6.07) is 6.90. The monoisotopic (exact) mass is 322 g/mol. The van der Waals surface area contributed by atoms with Crippen molar-refractivity contribution < 1.29 is 27.8 Å². The van der Waals surface area contributed by atoms with Crippen molar-refractivity contribution in [3.63, 3.8) is 0 Å². The summed E-state index contributed by atoms with van der Waals surface area (Å²) >= 11 is 0. The van der Waals surface area contributed by atoms with Crippen molar-refractivity contribution in [2.75, 3.05) is 5.32 Å². The number of ether oxygens (including phenoxy) is 1. The fourth-order valence-electron chi connectivity index (χ4n) is 1.46. The Bertz CT molecular complexity index is 779. The van der Waals surface area contributed by atoms with Crippen molar-refractivity contribution in [2.24, 2.45) is 0 Å². The van der Waals surface area contributed by atoms with Crippen LogP contribution in [0.1, 0.15) is 10.4 Å². The lowest BCUT2D eigenvalue weighted by molar-refractivity contribution is -0.274. The van der Waals surface area contributed by atoms with Gasteiger partial charge in [0.25, 0.3) is 0 Å². The first-order valence-electron chi connectivity index (χ1n) is 5.57. The SMILES string of the molecule is N#CC(C#N)=C(C#N)Nc1c(OC(F)(F)F)cccc1C(=O)O. The first-order chi connectivity index (χ1) is 10.7. The van der Waals surface area contributed by atoms with Crippen LogP contribution in [0.15, 0.2) is 29.5 Å². The predicted molar refractivity (Wildman–Crippen MR) is 67.6 cm³/mol. The zero-order valence-electron chi connectivity index (χ0n) is 11.0. The molecule has 0 spiro atoms. The number of anilines is 1. The van der Waals surface area contributed by atoms with Crippen LogP contribution >= 0.6 is 0 Å². The molecule has 1 aromatic carbocycles. The highest BCUT2D eigenvalue weighted by Crippen LogP contribution is 2.34. The molecule has 1 aromatic rings. The molecule has 0 aliphatic carbocycles. The lowest BCUT2D eigenvalue weighted by Gasteiger charge is -2.16. The van der Waals surface area contributed by atoms with Crippen LogP contribution in [0.3, 0.4) is 0 Å². The van der Waals surface area contributed by atoms with Gasteiger partial charge in [0.1, 0.15) is 23.9 Å². The molecule has 0 fully saturated rings. The van der Waals surface area contributed by atoms with Gasteiger partial charge in [-0.2, -0.15) is 15.8 Å². The second-order valence-corrected chi connectivity index (χ2v) is 3.74. The summed E-state index contributed by atoms with van der Waals surface area (Å²) in [6.45, 7) is 0.